The molecule has 0 aromatic carbocycles. The van der Waals surface area contributed by atoms with E-state index in [0.717, 1.165) is 30.1 Å². The van der Waals surface area contributed by atoms with Crippen molar-refractivity contribution in [1.82, 2.24) is 15.0 Å². The minimum absolute atomic E-state index is 0.529. The monoisotopic (exact) mass is 296 g/mol. The number of nitrogens with zero attached hydrogens (tertiary/aromatic N) is 3. The van der Waals surface area contributed by atoms with E-state index in [-0.39, 0.29) is 0 Å². The fourth-order valence-electron chi connectivity index (χ4n) is 2.37. The molecule has 2 aromatic rings. The Morgan fingerprint density at radius 3 is 3.16 bits per heavy atom. The summed E-state index contributed by atoms with van der Waals surface area (Å²) in [6.07, 6.45) is 2.27. The molecule has 0 unspecified atom stereocenters. The summed E-state index contributed by atoms with van der Waals surface area (Å²) < 4.78 is 4.75. The lowest BCUT2D eigenvalue weighted by atomic mass is 10.0. The molecule has 7 heteroatoms. The SMILES string of the molecule is C=C(Cl)c1c(N)sc2c1CCN(Cc1ncon1)C2. The Hall–Kier alpha value is -1.37. The van der Waals surface area contributed by atoms with E-state index >= 15 is 0 Å². The molecule has 3 heterocycles. The summed E-state index contributed by atoms with van der Waals surface area (Å²) in [7, 11) is 0. The van der Waals surface area contributed by atoms with E-state index in [0.29, 0.717) is 17.4 Å². The molecule has 2 N–H and O–H groups in total. The van der Waals surface area contributed by atoms with E-state index in [9.17, 15) is 0 Å². The summed E-state index contributed by atoms with van der Waals surface area (Å²) >= 11 is 7.61. The van der Waals surface area contributed by atoms with Gasteiger partial charge in [0, 0.05) is 28.6 Å². The van der Waals surface area contributed by atoms with Crippen LogP contribution in [0.15, 0.2) is 17.5 Å². The van der Waals surface area contributed by atoms with Crippen molar-refractivity contribution >= 4 is 33.0 Å². The Kier molecular flexibility index (Phi) is 3.30. The largest absolute Gasteiger partial charge is 0.390 e. The van der Waals surface area contributed by atoms with Gasteiger partial charge < -0.3 is 10.3 Å². The first-order valence-corrected chi connectivity index (χ1v) is 7.07. The van der Waals surface area contributed by atoms with Crippen LogP contribution in [0.5, 0.6) is 0 Å². The number of nitrogen functional groups attached to an aromatic ring is 1. The van der Waals surface area contributed by atoms with Crippen molar-refractivity contribution in [2.45, 2.75) is 19.5 Å². The molecule has 2 aromatic heterocycles. The lowest BCUT2D eigenvalue weighted by Gasteiger charge is -2.25. The number of halogens is 1. The zero-order chi connectivity index (χ0) is 13.4. The molecule has 0 radical (unpaired) electrons. The van der Waals surface area contributed by atoms with Gasteiger partial charge in [0.1, 0.15) is 0 Å². The van der Waals surface area contributed by atoms with Gasteiger partial charge in [-0.25, -0.2) is 0 Å². The molecule has 0 atom stereocenters. The molecule has 0 saturated heterocycles. The zero-order valence-electron chi connectivity index (χ0n) is 10.2. The average Bonchev–Trinajstić information content (AvgIpc) is 2.94. The molecule has 1 aliphatic rings. The van der Waals surface area contributed by atoms with E-state index < -0.39 is 0 Å². The maximum Gasteiger partial charge on any atom is 0.213 e. The third kappa shape index (κ3) is 2.39. The number of thiophene rings is 1. The highest BCUT2D eigenvalue weighted by Crippen LogP contribution is 2.39. The normalized spacial score (nSPS) is 15.4. The van der Waals surface area contributed by atoms with Gasteiger partial charge in [0.05, 0.1) is 11.5 Å². The van der Waals surface area contributed by atoms with Gasteiger partial charge in [-0.3, -0.25) is 4.90 Å². The smallest absolute Gasteiger partial charge is 0.213 e. The maximum absolute atomic E-state index is 6.02. The van der Waals surface area contributed by atoms with E-state index in [2.05, 4.69) is 21.6 Å². The molecule has 3 rings (SSSR count). The summed E-state index contributed by atoms with van der Waals surface area (Å²) in [5, 5.41) is 5.12. The van der Waals surface area contributed by atoms with Crippen LogP contribution in [0, 0.1) is 0 Å². The van der Waals surface area contributed by atoms with E-state index in [1.807, 2.05) is 0 Å². The fourth-order valence-corrected chi connectivity index (χ4v) is 3.83. The second-order valence-corrected chi connectivity index (χ2v) is 6.05. The average molecular weight is 297 g/mol. The molecule has 19 heavy (non-hydrogen) atoms. The molecular weight excluding hydrogens is 284 g/mol. The van der Waals surface area contributed by atoms with Crippen molar-refractivity contribution in [2.24, 2.45) is 0 Å². The Balaban J connectivity index is 1.81. The molecule has 5 nitrogen and oxygen atoms in total. The predicted molar refractivity (Wildman–Crippen MR) is 75.7 cm³/mol. The highest BCUT2D eigenvalue weighted by atomic mass is 35.5. The van der Waals surface area contributed by atoms with Crippen molar-refractivity contribution in [3.8, 4) is 0 Å². The van der Waals surface area contributed by atoms with Crippen LogP contribution in [0.25, 0.3) is 5.03 Å². The lowest BCUT2D eigenvalue weighted by molar-refractivity contribution is 0.238. The fraction of sp³-hybridized carbons (Fsp3) is 0.333. The number of anilines is 1. The topological polar surface area (TPSA) is 68.2 Å². The third-order valence-corrected chi connectivity index (χ3v) is 4.44. The molecule has 0 spiro atoms. The van der Waals surface area contributed by atoms with Gasteiger partial charge in [-0.1, -0.05) is 23.3 Å². The van der Waals surface area contributed by atoms with Gasteiger partial charge in [-0.2, -0.15) is 4.98 Å². The number of aromatic nitrogens is 2. The van der Waals surface area contributed by atoms with Gasteiger partial charge in [0.25, 0.3) is 0 Å². The first-order chi connectivity index (χ1) is 9.15. The number of nitrogens with two attached hydrogens (primary N) is 1. The van der Waals surface area contributed by atoms with Crippen LogP contribution in [0.1, 0.15) is 21.8 Å². The summed E-state index contributed by atoms with van der Waals surface area (Å²) in [5.41, 5.74) is 8.19. The van der Waals surface area contributed by atoms with Gasteiger partial charge in [-0.05, 0) is 12.0 Å². The summed E-state index contributed by atoms with van der Waals surface area (Å²) in [4.78, 5) is 7.56. The molecular formula is C12H13ClN4OS. The molecule has 0 amide bonds. The lowest BCUT2D eigenvalue weighted by Crippen LogP contribution is -2.29. The Morgan fingerprint density at radius 2 is 2.47 bits per heavy atom. The highest BCUT2D eigenvalue weighted by molar-refractivity contribution is 7.16. The van der Waals surface area contributed by atoms with Gasteiger partial charge >= 0.3 is 0 Å². The Morgan fingerprint density at radius 1 is 1.63 bits per heavy atom. The summed E-state index contributed by atoms with van der Waals surface area (Å²) in [6, 6.07) is 0. The van der Waals surface area contributed by atoms with Crippen LogP contribution >= 0.6 is 22.9 Å². The standard InChI is InChI=1S/C12H13ClN4OS/c1-7(13)11-8-2-3-17(4-9(8)19-12(11)14)5-10-15-6-18-16-10/h6H,1-5,14H2. The number of fused-ring (bicyclic) bond motifs is 1. The van der Waals surface area contributed by atoms with Crippen LogP contribution in [0.4, 0.5) is 5.00 Å². The van der Waals surface area contributed by atoms with Crippen LogP contribution < -0.4 is 5.73 Å². The van der Waals surface area contributed by atoms with Crippen LogP contribution in [-0.2, 0) is 19.5 Å². The van der Waals surface area contributed by atoms with Crippen molar-refractivity contribution < 1.29 is 4.52 Å². The highest BCUT2D eigenvalue weighted by Gasteiger charge is 2.24. The number of hydrogen-bond acceptors (Lipinski definition) is 6. The van der Waals surface area contributed by atoms with E-state index in [1.54, 1.807) is 11.3 Å². The van der Waals surface area contributed by atoms with E-state index in [1.165, 1.54) is 16.8 Å². The number of hydrogen-bond donors (Lipinski definition) is 1. The zero-order valence-corrected chi connectivity index (χ0v) is 11.8. The Labute approximate surface area is 119 Å². The third-order valence-electron chi connectivity index (χ3n) is 3.21. The van der Waals surface area contributed by atoms with E-state index in [4.69, 9.17) is 21.9 Å². The quantitative estimate of drug-likeness (QED) is 0.942. The van der Waals surface area contributed by atoms with Gasteiger partial charge in [-0.15, -0.1) is 11.3 Å². The second-order valence-electron chi connectivity index (χ2n) is 4.46. The first kappa shape index (κ1) is 12.7. The molecule has 0 aliphatic carbocycles. The molecule has 0 fully saturated rings. The summed E-state index contributed by atoms with van der Waals surface area (Å²) in [5.74, 6) is 0.704. The van der Waals surface area contributed by atoms with Crippen molar-refractivity contribution in [3.05, 3.63) is 34.8 Å². The molecule has 100 valence electrons. The van der Waals surface area contributed by atoms with Crippen LogP contribution in [-0.4, -0.2) is 21.6 Å². The van der Waals surface area contributed by atoms with Gasteiger partial charge in [0.15, 0.2) is 5.82 Å². The second kappa shape index (κ2) is 4.96. The molecule has 0 saturated carbocycles. The van der Waals surface area contributed by atoms with Crippen molar-refractivity contribution in [2.75, 3.05) is 12.3 Å². The Bertz CT molecular complexity index is 608. The van der Waals surface area contributed by atoms with Crippen LogP contribution in [0.3, 0.4) is 0 Å². The van der Waals surface area contributed by atoms with Crippen molar-refractivity contribution in [1.29, 1.82) is 0 Å². The maximum atomic E-state index is 6.02. The van der Waals surface area contributed by atoms with Crippen LogP contribution in [0.2, 0.25) is 0 Å². The predicted octanol–water partition coefficient (Wildman–Crippen LogP) is 2.48. The molecule has 1 aliphatic heterocycles. The summed E-state index contributed by atoms with van der Waals surface area (Å²) in [6.45, 7) is 6.24. The first-order valence-electron chi connectivity index (χ1n) is 5.87. The minimum Gasteiger partial charge on any atom is -0.390 e. The van der Waals surface area contributed by atoms with Crippen molar-refractivity contribution in [3.63, 3.8) is 0 Å². The molecule has 0 bridgehead atoms. The number of rotatable bonds is 3. The minimum atomic E-state index is 0.529. The van der Waals surface area contributed by atoms with Gasteiger partial charge in [0.2, 0.25) is 6.39 Å².